The first kappa shape index (κ1) is 14.8. The Hall–Kier alpha value is -1.56. The van der Waals surface area contributed by atoms with E-state index in [1.165, 1.54) is 30.3 Å². The molecule has 0 saturated carbocycles. The van der Waals surface area contributed by atoms with E-state index in [2.05, 4.69) is 4.72 Å². The second-order valence-corrected chi connectivity index (χ2v) is 6.42. The van der Waals surface area contributed by atoms with Crippen LogP contribution in [0.4, 0.5) is 5.69 Å². The van der Waals surface area contributed by atoms with Gasteiger partial charge in [-0.3, -0.25) is 9.52 Å². The normalized spacial score (nSPS) is 11.1. The van der Waals surface area contributed by atoms with Crippen molar-refractivity contribution in [2.24, 2.45) is 0 Å². The van der Waals surface area contributed by atoms with Gasteiger partial charge in [0.15, 0.2) is 0 Å². The van der Waals surface area contributed by atoms with Crippen molar-refractivity contribution in [3.63, 3.8) is 0 Å². The maximum atomic E-state index is 12.2. The van der Waals surface area contributed by atoms with Gasteiger partial charge >= 0.3 is 0 Å². The molecule has 0 atom stereocenters. The van der Waals surface area contributed by atoms with Crippen LogP contribution in [0.3, 0.4) is 0 Å². The Morgan fingerprint density at radius 2 is 1.80 bits per heavy atom. The summed E-state index contributed by atoms with van der Waals surface area (Å²) in [5, 5.41) is 0.324. The smallest absolute Gasteiger partial charge is 0.263 e. The monoisotopic (exact) mass is 329 g/mol. The molecule has 4 nitrogen and oxygen atoms in total. The molecule has 20 heavy (non-hydrogen) atoms. The van der Waals surface area contributed by atoms with E-state index in [0.29, 0.717) is 11.8 Å². The molecule has 0 aromatic heterocycles. The molecule has 0 aliphatic heterocycles. The first-order valence-corrected chi connectivity index (χ1v) is 7.69. The van der Waals surface area contributed by atoms with E-state index in [1.54, 1.807) is 12.1 Å². The van der Waals surface area contributed by atoms with Crippen molar-refractivity contribution in [1.82, 2.24) is 0 Å². The molecule has 104 valence electrons. The number of carbonyl (C=O) groups is 1. The van der Waals surface area contributed by atoms with E-state index in [-0.39, 0.29) is 20.6 Å². The minimum Gasteiger partial charge on any atom is -0.298 e. The van der Waals surface area contributed by atoms with Gasteiger partial charge in [-0.15, -0.1) is 0 Å². The van der Waals surface area contributed by atoms with Crippen molar-refractivity contribution < 1.29 is 13.2 Å². The molecule has 0 amide bonds. The predicted molar refractivity (Wildman–Crippen MR) is 79.1 cm³/mol. The van der Waals surface area contributed by atoms with Crippen LogP contribution in [0.1, 0.15) is 10.4 Å². The largest absolute Gasteiger partial charge is 0.298 e. The minimum atomic E-state index is -3.87. The maximum absolute atomic E-state index is 12.2. The van der Waals surface area contributed by atoms with Crippen molar-refractivity contribution in [1.29, 1.82) is 0 Å². The van der Waals surface area contributed by atoms with Gasteiger partial charge in [-0.05, 0) is 30.3 Å². The Labute approximate surface area is 126 Å². The number of benzene rings is 2. The molecular formula is C13H9Cl2NO3S. The summed E-state index contributed by atoms with van der Waals surface area (Å²) in [6.45, 7) is 0. The molecule has 2 rings (SSSR count). The van der Waals surface area contributed by atoms with Crippen molar-refractivity contribution in [2.75, 3.05) is 4.72 Å². The van der Waals surface area contributed by atoms with Crippen molar-refractivity contribution in [3.05, 3.63) is 58.1 Å². The molecule has 0 radical (unpaired) electrons. The Balaban J connectivity index is 2.40. The highest BCUT2D eigenvalue weighted by Crippen LogP contribution is 2.26. The zero-order chi connectivity index (χ0) is 14.8. The summed E-state index contributed by atoms with van der Waals surface area (Å²) in [6.07, 6.45) is 0.629. The zero-order valence-corrected chi connectivity index (χ0v) is 12.3. The highest BCUT2D eigenvalue weighted by molar-refractivity contribution is 7.92. The van der Waals surface area contributed by atoms with Gasteiger partial charge in [-0.2, -0.15) is 0 Å². The predicted octanol–water partition coefficient (Wildman–Crippen LogP) is 3.61. The van der Waals surface area contributed by atoms with Gasteiger partial charge in [0.2, 0.25) is 0 Å². The number of halogens is 2. The summed E-state index contributed by atoms with van der Waals surface area (Å²) in [5.41, 5.74) is 0.632. The van der Waals surface area contributed by atoms with Crippen LogP contribution in [0.2, 0.25) is 10.0 Å². The quantitative estimate of drug-likeness (QED) is 0.871. The lowest BCUT2D eigenvalue weighted by Gasteiger charge is -2.10. The lowest BCUT2D eigenvalue weighted by atomic mass is 10.2. The van der Waals surface area contributed by atoms with Gasteiger partial charge in [0, 0.05) is 16.3 Å². The first-order chi connectivity index (χ1) is 9.42. The molecule has 0 saturated heterocycles. The average Bonchev–Trinajstić information content (AvgIpc) is 2.41. The van der Waals surface area contributed by atoms with E-state index in [0.717, 1.165) is 0 Å². The van der Waals surface area contributed by atoms with Crippen LogP contribution in [0.5, 0.6) is 0 Å². The molecule has 0 heterocycles. The van der Waals surface area contributed by atoms with E-state index in [4.69, 9.17) is 23.2 Å². The van der Waals surface area contributed by atoms with Crippen molar-refractivity contribution in [3.8, 4) is 0 Å². The third-order valence-corrected chi connectivity index (χ3v) is 4.56. The summed E-state index contributed by atoms with van der Waals surface area (Å²) in [5.74, 6) is 0. The summed E-state index contributed by atoms with van der Waals surface area (Å²) >= 11 is 11.6. The van der Waals surface area contributed by atoms with Gasteiger partial charge < -0.3 is 0 Å². The fraction of sp³-hybridized carbons (Fsp3) is 0. The molecule has 0 aliphatic rings. The van der Waals surface area contributed by atoms with Crippen LogP contribution in [-0.2, 0) is 10.0 Å². The highest BCUT2D eigenvalue weighted by Gasteiger charge is 2.18. The third-order valence-electron chi connectivity index (χ3n) is 2.46. The Morgan fingerprint density at radius 1 is 1.05 bits per heavy atom. The third kappa shape index (κ3) is 3.30. The summed E-state index contributed by atoms with van der Waals surface area (Å²) in [4.78, 5) is 10.6. The average molecular weight is 330 g/mol. The number of anilines is 1. The van der Waals surface area contributed by atoms with Crippen LogP contribution in [-0.4, -0.2) is 14.7 Å². The fourth-order valence-corrected chi connectivity index (χ4v) is 3.38. The van der Waals surface area contributed by atoms with Crippen LogP contribution in [0.15, 0.2) is 47.4 Å². The van der Waals surface area contributed by atoms with Gasteiger partial charge in [-0.25, -0.2) is 8.42 Å². The number of aldehydes is 1. The molecule has 0 fully saturated rings. The topological polar surface area (TPSA) is 63.2 Å². The standard InChI is InChI=1S/C13H9Cl2NO3S/c14-10-4-5-12(15)13(7-10)20(18,19)16-11-3-1-2-9(6-11)8-17/h1-8,16H. The van der Waals surface area contributed by atoms with Crippen molar-refractivity contribution in [2.45, 2.75) is 4.90 Å². The minimum absolute atomic E-state index is 0.0634. The molecule has 2 aromatic rings. The molecule has 7 heteroatoms. The summed E-state index contributed by atoms with van der Waals surface area (Å²) in [6, 6.07) is 10.2. The number of hydrogen-bond acceptors (Lipinski definition) is 3. The lowest BCUT2D eigenvalue weighted by Crippen LogP contribution is -2.13. The number of sulfonamides is 1. The van der Waals surface area contributed by atoms with Gasteiger partial charge in [0.05, 0.1) is 5.02 Å². The molecule has 2 aromatic carbocycles. The number of hydrogen-bond donors (Lipinski definition) is 1. The van der Waals surface area contributed by atoms with E-state index >= 15 is 0 Å². The van der Waals surface area contributed by atoms with E-state index in [9.17, 15) is 13.2 Å². The second kappa shape index (κ2) is 5.83. The van der Waals surface area contributed by atoms with Crippen LogP contribution >= 0.6 is 23.2 Å². The molecule has 1 N–H and O–H groups in total. The summed E-state index contributed by atoms with van der Waals surface area (Å²) < 4.78 is 26.8. The maximum Gasteiger partial charge on any atom is 0.263 e. The lowest BCUT2D eigenvalue weighted by molar-refractivity contribution is 0.112. The number of rotatable bonds is 4. The van der Waals surface area contributed by atoms with Gasteiger partial charge in [0.1, 0.15) is 11.2 Å². The van der Waals surface area contributed by atoms with Crippen LogP contribution < -0.4 is 4.72 Å². The summed E-state index contributed by atoms with van der Waals surface area (Å²) in [7, 11) is -3.87. The highest BCUT2D eigenvalue weighted by atomic mass is 35.5. The van der Waals surface area contributed by atoms with E-state index in [1.807, 2.05) is 0 Å². The van der Waals surface area contributed by atoms with Crippen LogP contribution in [0, 0.1) is 0 Å². The first-order valence-electron chi connectivity index (χ1n) is 5.45. The van der Waals surface area contributed by atoms with Crippen LogP contribution in [0.25, 0.3) is 0 Å². The SMILES string of the molecule is O=Cc1cccc(NS(=O)(=O)c2cc(Cl)ccc2Cl)c1. The number of nitrogens with one attached hydrogen (secondary N) is 1. The Morgan fingerprint density at radius 3 is 2.50 bits per heavy atom. The van der Waals surface area contributed by atoms with Crippen molar-refractivity contribution >= 4 is 45.2 Å². The Kier molecular flexibility index (Phi) is 4.32. The Bertz CT molecular complexity index is 760. The fourth-order valence-electron chi connectivity index (χ4n) is 1.57. The molecule has 0 unspecified atom stereocenters. The zero-order valence-electron chi connectivity index (χ0n) is 10.0. The number of carbonyl (C=O) groups excluding carboxylic acids is 1. The molecule has 0 aliphatic carbocycles. The van der Waals surface area contributed by atoms with E-state index < -0.39 is 10.0 Å². The molecule has 0 bridgehead atoms. The molecule has 0 spiro atoms. The van der Waals surface area contributed by atoms with Gasteiger partial charge in [0.25, 0.3) is 10.0 Å². The second-order valence-electron chi connectivity index (χ2n) is 3.92. The van der Waals surface area contributed by atoms with Gasteiger partial charge in [-0.1, -0.05) is 35.3 Å². The molecular weight excluding hydrogens is 321 g/mol.